The number of nitrogens with zero attached hydrogens (tertiary/aromatic N) is 1. The summed E-state index contributed by atoms with van der Waals surface area (Å²) in [6.07, 6.45) is 3.82. The minimum atomic E-state index is 0.101. The molecule has 0 radical (unpaired) electrons. The summed E-state index contributed by atoms with van der Waals surface area (Å²) in [5, 5.41) is 5.53. The van der Waals surface area contributed by atoms with Gasteiger partial charge in [0.15, 0.2) is 0 Å². The van der Waals surface area contributed by atoms with Gasteiger partial charge in [-0.05, 0) is 19.3 Å². The number of hydrogen-bond donors (Lipinski definition) is 2. The van der Waals surface area contributed by atoms with Crippen LogP contribution >= 0.6 is 0 Å². The zero-order valence-corrected chi connectivity index (χ0v) is 8.96. The molecule has 4 heteroatoms. The summed E-state index contributed by atoms with van der Waals surface area (Å²) in [6, 6.07) is 0. The van der Waals surface area contributed by atoms with Crippen molar-refractivity contribution in [2.45, 2.75) is 37.8 Å². The van der Waals surface area contributed by atoms with Gasteiger partial charge in [-0.15, -0.1) is 0 Å². The molecule has 0 unspecified atom stereocenters. The lowest BCUT2D eigenvalue weighted by molar-refractivity contribution is -0.0106. The number of nitrogens with one attached hydrogen (secondary N) is 1. The predicted octanol–water partition coefficient (Wildman–Crippen LogP) is 0.0931. The molecule has 0 amide bonds. The minimum Gasteiger partial charge on any atom is -0.376 e. The summed E-state index contributed by atoms with van der Waals surface area (Å²) in [5.74, 6) is 5.89. The summed E-state index contributed by atoms with van der Waals surface area (Å²) in [7, 11) is 0. The van der Waals surface area contributed by atoms with Crippen molar-refractivity contribution in [2.24, 2.45) is 5.84 Å². The van der Waals surface area contributed by atoms with Gasteiger partial charge in [0.05, 0.1) is 11.6 Å². The number of hydrogen-bond acceptors (Lipinski definition) is 4. The van der Waals surface area contributed by atoms with Crippen molar-refractivity contribution in [1.29, 1.82) is 0 Å². The van der Waals surface area contributed by atoms with E-state index >= 15 is 0 Å². The molecular weight excluding hydrogens is 178 g/mol. The molecule has 0 bridgehead atoms. The van der Waals surface area contributed by atoms with Gasteiger partial charge < -0.3 is 10.1 Å². The third-order valence-corrected chi connectivity index (χ3v) is 3.54. The molecule has 2 rings (SSSR count). The Bertz CT molecular complexity index is 194. The molecule has 0 spiro atoms. The molecule has 4 nitrogen and oxygen atoms in total. The average Bonchev–Trinajstić information content (AvgIpc) is 2.71. The molecule has 0 aromatic heterocycles. The van der Waals surface area contributed by atoms with E-state index in [-0.39, 0.29) is 5.54 Å². The van der Waals surface area contributed by atoms with Crippen LogP contribution in [-0.4, -0.2) is 42.9 Å². The van der Waals surface area contributed by atoms with E-state index in [2.05, 4.69) is 12.2 Å². The van der Waals surface area contributed by atoms with Crippen LogP contribution in [0.15, 0.2) is 0 Å². The van der Waals surface area contributed by atoms with Crippen LogP contribution in [0.1, 0.15) is 26.2 Å². The summed E-state index contributed by atoms with van der Waals surface area (Å²) in [6.45, 7) is 5.96. The molecule has 82 valence electrons. The third-order valence-electron chi connectivity index (χ3n) is 3.54. The van der Waals surface area contributed by atoms with Gasteiger partial charge in [-0.1, -0.05) is 6.92 Å². The number of hydrazine groups is 1. The highest BCUT2D eigenvalue weighted by molar-refractivity contribution is 5.00. The maximum Gasteiger partial charge on any atom is 0.0770 e. The molecule has 0 saturated carbocycles. The lowest BCUT2D eigenvalue weighted by atomic mass is 9.86. The van der Waals surface area contributed by atoms with Crippen LogP contribution in [0.2, 0.25) is 0 Å². The fourth-order valence-corrected chi connectivity index (χ4v) is 2.64. The topological polar surface area (TPSA) is 50.5 Å². The second-order valence-electron chi connectivity index (χ2n) is 4.41. The normalized spacial score (nSPS) is 40.3. The van der Waals surface area contributed by atoms with Crippen LogP contribution in [-0.2, 0) is 4.74 Å². The van der Waals surface area contributed by atoms with Crippen molar-refractivity contribution in [1.82, 2.24) is 10.3 Å². The SMILES string of the molecule is CC[C@]1([C@@H]2CCCO2)CN(N)CCN1. The Kier molecular flexibility index (Phi) is 3.07. The van der Waals surface area contributed by atoms with E-state index in [1.54, 1.807) is 0 Å². The van der Waals surface area contributed by atoms with E-state index in [4.69, 9.17) is 10.6 Å². The molecule has 0 aromatic rings. The van der Waals surface area contributed by atoms with Gasteiger partial charge >= 0.3 is 0 Å². The molecule has 2 saturated heterocycles. The monoisotopic (exact) mass is 199 g/mol. The Balaban J connectivity index is 2.06. The van der Waals surface area contributed by atoms with Crippen molar-refractivity contribution in [3.05, 3.63) is 0 Å². The standard InChI is InChI=1S/C10H21N3O/c1-2-10(9-4-3-7-14-9)8-13(11)6-5-12-10/h9,12H,2-8,11H2,1H3/t9-,10+/m0/s1. The van der Waals surface area contributed by atoms with Gasteiger partial charge in [0.2, 0.25) is 0 Å². The van der Waals surface area contributed by atoms with Crippen LogP contribution in [0.5, 0.6) is 0 Å². The Morgan fingerprint density at radius 1 is 1.64 bits per heavy atom. The molecule has 2 aliphatic heterocycles. The fraction of sp³-hybridized carbons (Fsp3) is 1.00. The maximum absolute atomic E-state index is 5.89. The van der Waals surface area contributed by atoms with E-state index < -0.39 is 0 Å². The molecular formula is C10H21N3O. The van der Waals surface area contributed by atoms with Crippen LogP contribution < -0.4 is 11.2 Å². The highest BCUT2D eigenvalue weighted by atomic mass is 16.5. The average molecular weight is 199 g/mol. The van der Waals surface area contributed by atoms with Crippen LogP contribution in [0, 0.1) is 0 Å². The zero-order valence-electron chi connectivity index (χ0n) is 8.96. The van der Waals surface area contributed by atoms with E-state index in [1.165, 1.54) is 12.8 Å². The van der Waals surface area contributed by atoms with Gasteiger partial charge in [0, 0.05) is 26.2 Å². The second-order valence-corrected chi connectivity index (χ2v) is 4.41. The van der Waals surface area contributed by atoms with Crippen molar-refractivity contribution < 1.29 is 4.74 Å². The lowest BCUT2D eigenvalue weighted by Gasteiger charge is -2.45. The van der Waals surface area contributed by atoms with Crippen molar-refractivity contribution in [2.75, 3.05) is 26.2 Å². The Labute approximate surface area is 85.7 Å². The Hall–Kier alpha value is -0.160. The van der Waals surface area contributed by atoms with E-state index in [0.717, 1.165) is 32.7 Å². The first-order valence-electron chi connectivity index (χ1n) is 5.63. The van der Waals surface area contributed by atoms with E-state index in [0.29, 0.717) is 6.10 Å². The number of rotatable bonds is 2. The maximum atomic E-state index is 5.89. The number of ether oxygens (including phenoxy) is 1. The lowest BCUT2D eigenvalue weighted by Crippen LogP contribution is -2.66. The summed E-state index contributed by atoms with van der Waals surface area (Å²) >= 11 is 0. The zero-order chi connectivity index (χ0) is 10.0. The van der Waals surface area contributed by atoms with Gasteiger partial charge in [-0.25, -0.2) is 5.01 Å². The molecule has 2 fully saturated rings. The molecule has 2 heterocycles. The molecule has 0 aliphatic carbocycles. The minimum absolute atomic E-state index is 0.101. The van der Waals surface area contributed by atoms with Gasteiger partial charge in [-0.3, -0.25) is 5.84 Å². The second kappa shape index (κ2) is 4.14. The summed E-state index contributed by atoms with van der Waals surface area (Å²) in [4.78, 5) is 0. The largest absolute Gasteiger partial charge is 0.376 e. The highest BCUT2D eigenvalue weighted by Crippen LogP contribution is 2.28. The Morgan fingerprint density at radius 3 is 3.07 bits per heavy atom. The van der Waals surface area contributed by atoms with Crippen molar-refractivity contribution in [3.63, 3.8) is 0 Å². The first-order chi connectivity index (χ1) is 6.77. The van der Waals surface area contributed by atoms with Crippen LogP contribution in [0.25, 0.3) is 0 Å². The molecule has 2 atom stereocenters. The molecule has 14 heavy (non-hydrogen) atoms. The van der Waals surface area contributed by atoms with E-state index in [1.807, 2.05) is 5.01 Å². The quantitative estimate of drug-likeness (QED) is 0.619. The number of piperazine rings is 1. The van der Waals surface area contributed by atoms with Crippen LogP contribution in [0.4, 0.5) is 0 Å². The van der Waals surface area contributed by atoms with Gasteiger partial charge in [0.25, 0.3) is 0 Å². The summed E-state index contributed by atoms with van der Waals surface area (Å²) < 4.78 is 5.79. The molecule has 0 aromatic carbocycles. The van der Waals surface area contributed by atoms with Crippen LogP contribution in [0.3, 0.4) is 0 Å². The fourth-order valence-electron chi connectivity index (χ4n) is 2.64. The van der Waals surface area contributed by atoms with Gasteiger partial charge in [0.1, 0.15) is 0 Å². The first kappa shape index (κ1) is 10.4. The molecule has 2 aliphatic rings. The van der Waals surface area contributed by atoms with E-state index in [9.17, 15) is 0 Å². The van der Waals surface area contributed by atoms with Crippen molar-refractivity contribution >= 4 is 0 Å². The number of nitrogens with two attached hydrogens (primary N) is 1. The summed E-state index contributed by atoms with van der Waals surface area (Å²) in [5.41, 5.74) is 0.101. The van der Waals surface area contributed by atoms with Crippen molar-refractivity contribution in [3.8, 4) is 0 Å². The highest BCUT2D eigenvalue weighted by Gasteiger charge is 2.42. The smallest absolute Gasteiger partial charge is 0.0770 e. The van der Waals surface area contributed by atoms with Gasteiger partial charge in [-0.2, -0.15) is 0 Å². The Morgan fingerprint density at radius 2 is 2.50 bits per heavy atom. The third kappa shape index (κ3) is 1.80. The predicted molar refractivity (Wildman–Crippen MR) is 55.8 cm³/mol. The molecule has 3 N–H and O–H groups in total. The first-order valence-corrected chi connectivity index (χ1v) is 5.63.